The van der Waals surface area contributed by atoms with Crippen LogP contribution in [-0.4, -0.2) is 24.2 Å². The zero-order valence-corrected chi connectivity index (χ0v) is 24.1. The van der Waals surface area contributed by atoms with Crippen molar-refractivity contribution >= 4 is 44.9 Å². The summed E-state index contributed by atoms with van der Waals surface area (Å²) in [5, 5.41) is 2.96. The standard InChI is InChI=1S/C31H24BrN3O4S/c1-4-15-39-28-21(16-22(32)18-24(28)38-3)17-25-30(37)35-27(20-11-7-5-8-12-20)26(19(2)33-31(35)40-25)29(36)34-23-13-9-6-10-14-23/h1,5-14,16-18,27H,15H2,2-3H3,(H,34,36)/b25-17-/t27-/m1/s1. The number of para-hydroxylation sites is 1. The molecule has 200 valence electrons. The molecule has 1 aliphatic heterocycles. The fourth-order valence-corrected chi connectivity index (χ4v) is 6.03. The van der Waals surface area contributed by atoms with Gasteiger partial charge in [0.15, 0.2) is 16.3 Å². The van der Waals surface area contributed by atoms with E-state index in [0.29, 0.717) is 43.4 Å². The largest absolute Gasteiger partial charge is 0.493 e. The Balaban J connectivity index is 1.68. The normalized spacial score (nSPS) is 14.7. The monoisotopic (exact) mass is 613 g/mol. The molecule has 0 bridgehead atoms. The van der Waals surface area contributed by atoms with Crippen LogP contribution in [0.15, 0.2) is 98.3 Å². The molecule has 0 unspecified atom stereocenters. The van der Waals surface area contributed by atoms with E-state index in [9.17, 15) is 9.59 Å². The van der Waals surface area contributed by atoms with Gasteiger partial charge >= 0.3 is 0 Å². The number of hydrogen-bond donors (Lipinski definition) is 1. The summed E-state index contributed by atoms with van der Waals surface area (Å²) in [6, 6.07) is 21.6. The summed E-state index contributed by atoms with van der Waals surface area (Å²) < 4.78 is 14.0. The third-order valence-electron chi connectivity index (χ3n) is 6.27. The summed E-state index contributed by atoms with van der Waals surface area (Å²) in [6.07, 6.45) is 7.15. The van der Waals surface area contributed by atoms with Crippen LogP contribution in [0.25, 0.3) is 6.08 Å². The predicted octanol–water partition coefficient (Wildman–Crippen LogP) is 4.66. The molecule has 1 aliphatic rings. The van der Waals surface area contributed by atoms with Crippen molar-refractivity contribution in [1.82, 2.24) is 4.57 Å². The summed E-state index contributed by atoms with van der Waals surface area (Å²) in [5.74, 6) is 3.04. The number of nitrogens with zero attached hydrogens (tertiary/aromatic N) is 2. The Morgan fingerprint density at radius 2 is 1.88 bits per heavy atom. The van der Waals surface area contributed by atoms with E-state index in [1.165, 1.54) is 18.4 Å². The van der Waals surface area contributed by atoms with Gasteiger partial charge in [0, 0.05) is 15.7 Å². The fourth-order valence-electron chi connectivity index (χ4n) is 4.54. The number of terminal acetylenes is 1. The molecule has 3 aromatic carbocycles. The Morgan fingerprint density at radius 1 is 1.18 bits per heavy atom. The van der Waals surface area contributed by atoms with Crippen molar-refractivity contribution in [3.63, 3.8) is 0 Å². The fraction of sp³-hybridized carbons (Fsp3) is 0.129. The molecule has 1 amide bonds. The van der Waals surface area contributed by atoms with Crippen molar-refractivity contribution in [2.45, 2.75) is 13.0 Å². The van der Waals surface area contributed by atoms with E-state index in [-0.39, 0.29) is 18.1 Å². The number of hydrogen-bond acceptors (Lipinski definition) is 6. The van der Waals surface area contributed by atoms with Gasteiger partial charge in [0.1, 0.15) is 6.61 Å². The van der Waals surface area contributed by atoms with Crippen LogP contribution in [-0.2, 0) is 4.79 Å². The van der Waals surface area contributed by atoms with Crippen LogP contribution in [0, 0.1) is 12.3 Å². The van der Waals surface area contributed by atoms with E-state index in [1.807, 2.05) is 66.7 Å². The van der Waals surface area contributed by atoms with E-state index in [2.05, 4.69) is 27.2 Å². The zero-order valence-electron chi connectivity index (χ0n) is 21.7. The minimum atomic E-state index is -0.669. The molecule has 0 radical (unpaired) electrons. The number of anilines is 1. The Labute approximate surface area is 243 Å². The summed E-state index contributed by atoms with van der Waals surface area (Å²) in [5.41, 5.74) is 2.72. The van der Waals surface area contributed by atoms with Crippen molar-refractivity contribution in [2.24, 2.45) is 4.99 Å². The minimum Gasteiger partial charge on any atom is -0.493 e. The van der Waals surface area contributed by atoms with Crippen LogP contribution in [0.2, 0.25) is 0 Å². The summed E-state index contributed by atoms with van der Waals surface area (Å²) >= 11 is 4.74. The van der Waals surface area contributed by atoms with Crippen LogP contribution in [0.3, 0.4) is 0 Å². The van der Waals surface area contributed by atoms with E-state index in [0.717, 1.165) is 10.0 Å². The lowest BCUT2D eigenvalue weighted by Gasteiger charge is -2.25. The minimum absolute atomic E-state index is 0.0349. The third-order valence-corrected chi connectivity index (χ3v) is 7.71. The number of allylic oxidation sites excluding steroid dienone is 1. The van der Waals surface area contributed by atoms with Crippen molar-refractivity contribution in [2.75, 3.05) is 19.0 Å². The zero-order chi connectivity index (χ0) is 28.2. The lowest BCUT2D eigenvalue weighted by molar-refractivity contribution is -0.113. The Kier molecular flexibility index (Phi) is 8.01. The van der Waals surface area contributed by atoms with Crippen LogP contribution in [0.4, 0.5) is 5.69 Å². The van der Waals surface area contributed by atoms with E-state index in [4.69, 9.17) is 20.9 Å². The molecular formula is C31H24BrN3O4S. The first-order valence-electron chi connectivity index (χ1n) is 12.3. The highest BCUT2D eigenvalue weighted by Crippen LogP contribution is 2.35. The summed E-state index contributed by atoms with van der Waals surface area (Å²) in [4.78, 5) is 32.8. The van der Waals surface area contributed by atoms with Gasteiger partial charge in [0.2, 0.25) is 0 Å². The van der Waals surface area contributed by atoms with Crippen molar-refractivity contribution in [3.05, 3.63) is 119 Å². The molecule has 0 saturated carbocycles. The maximum Gasteiger partial charge on any atom is 0.271 e. The molecule has 0 spiro atoms. The molecule has 1 N–H and O–H groups in total. The summed E-state index contributed by atoms with van der Waals surface area (Å²) in [6.45, 7) is 1.82. The average molecular weight is 615 g/mol. The van der Waals surface area contributed by atoms with Crippen LogP contribution in [0.1, 0.15) is 24.1 Å². The molecule has 2 heterocycles. The molecule has 0 aliphatic carbocycles. The number of rotatable bonds is 7. The average Bonchev–Trinajstić information content (AvgIpc) is 3.26. The smallest absolute Gasteiger partial charge is 0.271 e. The number of halogens is 1. The molecule has 1 atom stereocenters. The number of aromatic nitrogens is 1. The van der Waals surface area contributed by atoms with Gasteiger partial charge in [-0.3, -0.25) is 14.2 Å². The molecule has 0 saturated heterocycles. The molecule has 7 nitrogen and oxygen atoms in total. The number of benzene rings is 3. The number of nitrogens with one attached hydrogen (secondary N) is 1. The number of carbonyl (C=O) groups is 1. The van der Waals surface area contributed by atoms with Gasteiger partial charge in [-0.15, -0.1) is 6.42 Å². The van der Waals surface area contributed by atoms with E-state index >= 15 is 0 Å². The van der Waals surface area contributed by atoms with Crippen molar-refractivity contribution in [1.29, 1.82) is 0 Å². The third kappa shape index (κ3) is 5.37. The highest BCUT2D eigenvalue weighted by Gasteiger charge is 2.32. The number of thiazole rings is 1. The highest BCUT2D eigenvalue weighted by molar-refractivity contribution is 9.10. The van der Waals surface area contributed by atoms with E-state index < -0.39 is 6.04 Å². The van der Waals surface area contributed by atoms with Gasteiger partial charge in [-0.25, -0.2) is 4.99 Å². The molecule has 1 aromatic heterocycles. The van der Waals surface area contributed by atoms with Crippen LogP contribution < -0.4 is 29.7 Å². The summed E-state index contributed by atoms with van der Waals surface area (Å²) in [7, 11) is 1.53. The topological polar surface area (TPSA) is 81.9 Å². The number of fused-ring (bicyclic) bond motifs is 1. The molecule has 4 aromatic rings. The number of ether oxygens (including phenoxy) is 2. The Morgan fingerprint density at radius 3 is 2.55 bits per heavy atom. The van der Waals surface area contributed by atoms with Crippen LogP contribution >= 0.6 is 27.3 Å². The predicted molar refractivity (Wildman–Crippen MR) is 160 cm³/mol. The maximum atomic E-state index is 14.0. The van der Waals surface area contributed by atoms with Gasteiger partial charge in [0.25, 0.3) is 11.5 Å². The van der Waals surface area contributed by atoms with Crippen LogP contribution in [0.5, 0.6) is 11.5 Å². The Hall–Kier alpha value is -4.39. The lowest BCUT2D eigenvalue weighted by atomic mass is 9.95. The number of carbonyl (C=O) groups excluding carboxylic acids is 1. The first kappa shape index (κ1) is 27.2. The second-order valence-corrected chi connectivity index (χ2v) is 10.8. The van der Waals surface area contributed by atoms with Gasteiger partial charge in [0.05, 0.1) is 29.0 Å². The molecule has 9 heteroatoms. The lowest BCUT2D eigenvalue weighted by Crippen LogP contribution is -2.40. The van der Waals surface area contributed by atoms with Gasteiger partial charge in [-0.1, -0.05) is 81.7 Å². The van der Waals surface area contributed by atoms with Gasteiger partial charge < -0.3 is 14.8 Å². The maximum absolute atomic E-state index is 14.0. The number of amides is 1. The molecule has 0 fully saturated rings. The highest BCUT2D eigenvalue weighted by atomic mass is 79.9. The SMILES string of the molecule is C#CCOc1c(/C=c2\sc3n(c2=O)[C@H](c2ccccc2)C(C(=O)Nc2ccccc2)=C(C)N=3)cc(Br)cc1OC. The van der Waals surface area contributed by atoms with Gasteiger partial charge in [-0.2, -0.15) is 0 Å². The van der Waals surface area contributed by atoms with Crippen molar-refractivity contribution < 1.29 is 14.3 Å². The van der Waals surface area contributed by atoms with Gasteiger partial charge in [-0.05, 0) is 42.8 Å². The Bertz CT molecular complexity index is 1840. The number of methoxy groups -OCH3 is 1. The quantitative estimate of drug-likeness (QED) is 0.308. The van der Waals surface area contributed by atoms with E-state index in [1.54, 1.807) is 23.6 Å². The second kappa shape index (κ2) is 11.8. The second-order valence-electron chi connectivity index (χ2n) is 8.83. The first-order valence-corrected chi connectivity index (χ1v) is 13.9. The molecule has 5 rings (SSSR count). The molecular weight excluding hydrogens is 590 g/mol. The molecule has 40 heavy (non-hydrogen) atoms. The van der Waals surface area contributed by atoms with Crippen molar-refractivity contribution in [3.8, 4) is 23.8 Å². The first-order chi connectivity index (χ1) is 19.4.